The lowest BCUT2D eigenvalue weighted by molar-refractivity contribution is 0.108. The van der Waals surface area contributed by atoms with Crippen LogP contribution in [0.15, 0.2) is 84.9 Å². The van der Waals surface area contributed by atoms with Gasteiger partial charge in [0.2, 0.25) is 5.88 Å². The first kappa shape index (κ1) is 23.7. The number of aliphatic hydroxyl groups is 1. The van der Waals surface area contributed by atoms with Gasteiger partial charge in [0.05, 0.1) is 23.0 Å². The van der Waals surface area contributed by atoms with E-state index in [0.29, 0.717) is 19.0 Å². The van der Waals surface area contributed by atoms with Gasteiger partial charge < -0.3 is 9.84 Å². The quantitative estimate of drug-likeness (QED) is 0.308. The average Bonchev–Trinajstić information content (AvgIpc) is 3.16. The van der Waals surface area contributed by atoms with Gasteiger partial charge in [0.25, 0.3) is 0 Å². The van der Waals surface area contributed by atoms with Gasteiger partial charge in [-0.2, -0.15) is 5.10 Å². The van der Waals surface area contributed by atoms with Crippen molar-refractivity contribution in [2.75, 3.05) is 13.1 Å². The van der Waals surface area contributed by atoms with Crippen LogP contribution in [0.2, 0.25) is 0 Å². The zero-order valence-electron chi connectivity index (χ0n) is 20.2. The highest BCUT2D eigenvalue weighted by Crippen LogP contribution is 2.32. The Morgan fingerprint density at radius 1 is 0.912 bits per heavy atom. The highest BCUT2D eigenvalue weighted by Gasteiger charge is 2.22. The summed E-state index contributed by atoms with van der Waals surface area (Å²) in [6.45, 7) is 8.29. The number of rotatable bonds is 10. The molecule has 4 rings (SSSR count). The second kappa shape index (κ2) is 11.1. The van der Waals surface area contributed by atoms with Gasteiger partial charge in [-0.1, -0.05) is 73.2 Å². The van der Waals surface area contributed by atoms with E-state index in [4.69, 9.17) is 9.84 Å². The van der Waals surface area contributed by atoms with Crippen LogP contribution in [0.5, 0.6) is 11.6 Å². The largest absolute Gasteiger partial charge is 0.439 e. The molecule has 3 aromatic carbocycles. The summed E-state index contributed by atoms with van der Waals surface area (Å²) in [4.78, 5) is 2.28. The first-order chi connectivity index (χ1) is 16.5. The highest BCUT2D eigenvalue weighted by molar-refractivity contribution is 5.43. The van der Waals surface area contributed by atoms with E-state index >= 15 is 0 Å². The predicted octanol–water partition coefficient (Wildman–Crippen LogP) is 6.23. The second-order valence-corrected chi connectivity index (χ2v) is 8.69. The Balaban J connectivity index is 1.67. The summed E-state index contributed by atoms with van der Waals surface area (Å²) in [6, 6.07) is 28.0. The van der Waals surface area contributed by atoms with E-state index in [1.807, 2.05) is 96.5 Å². The van der Waals surface area contributed by atoms with Gasteiger partial charge in [-0.05, 0) is 56.6 Å². The maximum atomic E-state index is 10.9. The summed E-state index contributed by atoms with van der Waals surface area (Å²) >= 11 is 0. The molecule has 1 aromatic heterocycles. The first-order valence-corrected chi connectivity index (χ1v) is 11.9. The number of aromatic nitrogens is 2. The highest BCUT2D eigenvalue weighted by atomic mass is 16.5. The summed E-state index contributed by atoms with van der Waals surface area (Å²) in [5.74, 6) is 1.48. The Labute approximate surface area is 202 Å². The fourth-order valence-corrected chi connectivity index (χ4v) is 4.09. The molecule has 0 aliphatic heterocycles. The van der Waals surface area contributed by atoms with Crippen molar-refractivity contribution in [3.8, 4) is 17.3 Å². The lowest BCUT2D eigenvalue weighted by Crippen LogP contribution is -2.29. The number of benzene rings is 3. The second-order valence-electron chi connectivity index (χ2n) is 8.69. The monoisotopic (exact) mass is 455 g/mol. The molecule has 0 fully saturated rings. The fraction of sp³-hybridized carbons (Fsp3) is 0.276. The van der Waals surface area contributed by atoms with E-state index in [-0.39, 0.29) is 0 Å². The van der Waals surface area contributed by atoms with Gasteiger partial charge >= 0.3 is 0 Å². The molecule has 0 saturated carbocycles. The third-order valence-electron chi connectivity index (χ3n) is 5.91. The minimum atomic E-state index is -0.557. The molecular weight excluding hydrogens is 422 g/mol. The minimum absolute atomic E-state index is 0.539. The van der Waals surface area contributed by atoms with Crippen LogP contribution in [0.1, 0.15) is 41.8 Å². The zero-order valence-corrected chi connectivity index (χ0v) is 20.2. The van der Waals surface area contributed by atoms with E-state index in [9.17, 15) is 5.11 Å². The Kier molecular flexibility index (Phi) is 7.78. The van der Waals surface area contributed by atoms with Crippen LogP contribution in [0.4, 0.5) is 0 Å². The van der Waals surface area contributed by atoms with E-state index < -0.39 is 6.10 Å². The van der Waals surface area contributed by atoms with Crippen molar-refractivity contribution in [2.45, 2.75) is 39.8 Å². The van der Waals surface area contributed by atoms with E-state index in [1.165, 1.54) is 5.56 Å². The maximum absolute atomic E-state index is 10.9. The number of nitrogens with zero attached hydrogens (tertiary/aromatic N) is 3. The smallest absolute Gasteiger partial charge is 0.227 e. The van der Waals surface area contributed by atoms with Crippen LogP contribution in [0, 0.1) is 13.8 Å². The molecule has 5 heteroatoms. The van der Waals surface area contributed by atoms with Crippen molar-refractivity contribution in [3.05, 3.63) is 107 Å². The molecule has 1 N–H and O–H groups in total. The normalized spacial score (nSPS) is 12.1. The van der Waals surface area contributed by atoms with E-state index in [1.54, 1.807) is 0 Å². The molecule has 1 atom stereocenters. The standard InChI is InChI=1S/C29H33N3O2/c1-4-19-31(21-28(33)24-11-7-5-8-12-24)20-27-23(3)30-32(25-13-9-6-10-14-25)29(27)34-26-17-15-22(2)16-18-26/h5-18,28,33H,4,19-21H2,1-3H3/t28-/m0/s1. The maximum Gasteiger partial charge on any atom is 0.227 e. The molecule has 0 aliphatic rings. The van der Waals surface area contributed by atoms with Crippen molar-refractivity contribution >= 4 is 0 Å². The molecular formula is C29H33N3O2. The molecule has 0 amide bonds. The van der Waals surface area contributed by atoms with Crippen LogP contribution in [0.25, 0.3) is 5.69 Å². The summed E-state index contributed by atoms with van der Waals surface area (Å²) < 4.78 is 8.33. The zero-order chi connectivity index (χ0) is 23.9. The van der Waals surface area contributed by atoms with Crippen LogP contribution < -0.4 is 4.74 Å². The van der Waals surface area contributed by atoms with Gasteiger partial charge in [-0.3, -0.25) is 4.90 Å². The molecule has 1 heterocycles. The summed E-state index contributed by atoms with van der Waals surface area (Å²) in [5, 5.41) is 15.7. The molecule has 0 bridgehead atoms. The molecule has 0 saturated heterocycles. The number of ether oxygens (including phenoxy) is 1. The number of aliphatic hydroxyl groups excluding tert-OH is 1. The van der Waals surface area contributed by atoms with Gasteiger partial charge in [0.1, 0.15) is 5.75 Å². The van der Waals surface area contributed by atoms with Crippen molar-refractivity contribution in [1.82, 2.24) is 14.7 Å². The SMILES string of the molecule is CCCN(Cc1c(C)nn(-c2ccccc2)c1Oc1ccc(C)cc1)C[C@H](O)c1ccccc1. The van der Waals surface area contributed by atoms with Gasteiger partial charge in [-0.15, -0.1) is 0 Å². The molecule has 0 radical (unpaired) electrons. The summed E-state index contributed by atoms with van der Waals surface area (Å²) in [5.41, 5.74) is 5.01. The molecule has 0 spiro atoms. The number of para-hydroxylation sites is 1. The van der Waals surface area contributed by atoms with Crippen LogP contribution in [-0.4, -0.2) is 32.9 Å². The number of hydrogen-bond donors (Lipinski definition) is 1. The van der Waals surface area contributed by atoms with Gasteiger partial charge in [0, 0.05) is 13.1 Å². The molecule has 5 nitrogen and oxygen atoms in total. The van der Waals surface area contributed by atoms with Crippen LogP contribution >= 0.6 is 0 Å². The lowest BCUT2D eigenvalue weighted by Gasteiger charge is -2.25. The van der Waals surface area contributed by atoms with Gasteiger partial charge in [0.15, 0.2) is 0 Å². The topological polar surface area (TPSA) is 50.5 Å². The van der Waals surface area contributed by atoms with Crippen LogP contribution in [0.3, 0.4) is 0 Å². The van der Waals surface area contributed by atoms with Crippen molar-refractivity contribution in [1.29, 1.82) is 0 Å². The van der Waals surface area contributed by atoms with E-state index in [2.05, 4.69) is 18.7 Å². The van der Waals surface area contributed by atoms with Crippen molar-refractivity contribution < 1.29 is 9.84 Å². The lowest BCUT2D eigenvalue weighted by atomic mass is 10.1. The molecule has 0 aliphatic carbocycles. The minimum Gasteiger partial charge on any atom is -0.439 e. The summed E-state index contributed by atoms with van der Waals surface area (Å²) in [7, 11) is 0. The third-order valence-corrected chi connectivity index (χ3v) is 5.91. The Hall–Kier alpha value is -3.41. The molecule has 4 aromatic rings. The Morgan fingerprint density at radius 2 is 1.56 bits per heavy atom. The average molecular weight is 456 g/mol. The Bertz CT molecular complexity index is 1170. The fourth-order valence-electron chi connectivity index (χ4n) is 4.09. The van der Waals surface area contributed by atoms with Crippen molar-refractivity contribution in [2.24, 2.45) is 0 Å². The predicted molar refractivity (Wildman–Crippen MR) is 137 cm³/mol. The summed E-state index contributed by atoms with van der Waals surface area (Å²) in [6.07, 6.45) is 0.431. The Morgan fingerprint density at radius 3 is 2.21 bits per heavy atom. The molecule has 34 heavy (non-hydrogen) atoms. The van der Waals surface area contributed by atoms with Crippen molar-refractivity contribution in [3.63, 3.8) is 0 Å². The molecule has 176 valence electrons. The first-order valence-electron chi connectivity index (χ1n) is 11.9. The van der Waals surface area contributed by atoms with Crippen LogP contribution in [-0.2, 0) is 6.54 Å². The number of aryl methyl sites for hydroxylation is 2. The number of hydrogen-bond acceptors (Lipinski definition) is 4. The third kappa shape index (κ3) is 5.74. The molecule has 0 unspecified atom stereocenters. The van der Waals surface area contributed by atoms with Gasteiger partial charge in [-0.25, -0.2) is 4.68 Å². The van der Waals surface area contributed by atoms with E-state index in [0.717, 1.165) is 41.2 Å².